The lowest BCUT2D eigenvalue weighted by molar-refractivity contribution is -0.242. The molecule has 2 amide bonds. The highest BCUT2D eigenvalue weighted by Gasteiger charge is 2.10. The number of ether oxygens (including phenoxy) is 1. The van der Waals surface area contributed by atoms with E-state index in [1.807, 2.05) is 25.1 Å². The standard InChI is InChI=1S/C16H16N2O4/c1-10-5-3-6-12(9-10)17-16(21)22-14-8-4-7-13(11(14)2)18-15(19)20/h3-9,18H,1-2H3,(H,17,21)(H,19,20)/p-1. The van der Waals surface area contributed by atoms with E-state index in [1.165, 1.54) is 0 Å². The minimum atomic E-state index is -1.43. The number of carboxylic acid groups (broad SMARTS) is 1. The average molecular weight is 299 g/mol. The highest BCUT2D eigenvalue weighted by molar-refractivity contribution is 5.87. The smallest absolute Gasteiger partial charge is 0.417 e. The number of hydrogen-bond acceptors (Lipinski definition) is 4. The van der Waals surface area contributed by atoms with Crippen molar-refractivity contribution in [3.05, 3.63) is 53.6 Å². The molecule has 0 fully saturated rings. The Balaban J connectivity index is 2.10. The van der Waals surface area contributed by atoms with Crippen molar-refractivity contribution in [2.45, 2.75) is 13.8 Å². The fourth-order valence-corrected chi connectivity index (χ4v) is 1.94. The molecular weight excluding hydrogens is 284 g/mol. The third kappa shape index (κ3) is 3.99. The van der Waals surface area contributed by atoms with E-state index in [4.69, 9.17) is 4.74 Å². The molecule has 0 atom stereocenters. The van der Waals surface area contributed by atoms with Crippen LogP contribution in [0.1, 0.15) is 11.1 Å². The molecule has 2 N–H and O–H groups in total. The third-order valence-corrected chi connectivity index (χ3v) is 2.99. The molecule has 0 aliphatic heterocycles. The van der Waals surface area contributed by atoms with E-state index >= 15 is 0 Å². The number of carbonyl (C=O) groups is 2. The van der Waals surface area contributed by atoms with Gasteiger partial charge in [-0.15, -0.1) is 0 Å². The van der Waals surface area contributed by atoms with Gasteiger partial charge in [0.2, 0.25) is 0 Å². The van der Waals surface area contributed by atoms with Crippen molar-refractivity contribution in [2.75, 3.05) is 10.6 Å². The zero-order valence-corrected chi connectivity index (χ0v) is 12.2. The molecule has 6 heteroatoms. The Labute approximate surface area is 127 Å². The second kappa shape index (κ2) is 6.62. The predicted molar refractivity (Wildman–Crippen MR) is 81.0 cm³/mol. The van der Waals surface area contributed by atoms with Gasteiger partial charge < -0.3 is 20.0 Å². The number of rotatable bonds is 3. The lowest BCUT2D eigenvalue weighted by Gasteiger charge is -2.14. The van der Waals surface area contributed by atoms with Crippen LogP contribution in [0.3, 0.4) is 0 Å². The number of benzene rings is 2. The van der Waals surface area contributed by atoms with E-state index in [2.05, 4.69) is 10.6 Å². The Morgan fingerprint density at radius 3 is 2.45 bits per heavy atom. The van der Waals surface area contributed by atoms with Crippen molar-refractivity contribution >= 4 is 23.6 Å². The van der Waals surface area contributed by atoms with E-state index in [9.17, 15) is 14.7 Å². The monoisotopic (exact) mass is 299 g/mol. The predicted octanol–water partition coefficient (Wildman–Crippen LogP) is 2.67. The number of hydrogen-bond donors (Lipinski definition) is 2. The van der Waals surface area contributed by atoms with Crippen molar-refractivity contribution in [3.63, 3.8) is 0 Å². The van der Waals surface area contributed by atoms with E-state index in [0.717, 1.165) is 5.56 Å². The second-order valence-corrected chi connectivity index (χ2v) is 4.73. The Hall–Kier alpha value is -3.02. The van der Waals surface area contributed by atoms with Crippen molar-refractivity contribution < 1.29 is 19.4 Å². The number of amides is 2. The lowest BCUT2D eigenvalue weighted by atomic mass is 10.2. The normalized spacial score (nSPS) is 9.91. The Morgan fingerprint density at radius 2 is 1.77 bits per heavy atom. The molecule has 0 heterocycles. The SMILES string of the molecule is Cc1cccc(NC(=O)Oc2cccc(NC(=O)[O-])c2C)c1. The van der Waals surface area contributed by atoms with Crippen LogP contribution >= 0.6 is 0 Å². The molecule has 0 radical (unpaired) electrons. The molecule has 22 heavy (non-hydrogen) atoms. The fraction of sp³-hybridized carbons (Fsp3) is 0.125. The maximum atomic E-state index is 11.9. The zero-order valence-electron chi connectivity index (χ0n) is 12.2. The van der Waals surface area contributed by atoms with E-state index < -0.39 is 12.2 Å². The molecule has 2 rings (SSSR count). The summed E-state index contributed by atoms with van der Waals surface area (Å²) in [7, 11) is 0. The van der Waals surface area contributed by atoms with Crippen LogP contribution in [0.25, 0.3) is 0 Å². The summed E-state index contributed by atoms with van der Waals surface area (Å²) in [6, 6.07) is 12.0. The van der Waals surface area contributed by atoms with Crippen LogP contribution < -0.4 is 20.5 Å². The molecule has 114 valence electrons. The van der Waals surface area contributed by atoms with Gasteiger partial charge in [-0.2, -0.15) is 0 Å². The Kier molecular flexibility index (Phi) is 4.63. The summed E-state index contributed by atoms with van der Waals surface area (Å²) in [6.45, 7) is 3.55. The molecule has 0 bridgehead atoms. The fourth-order valence-electron chi connectivity index (χ4n) is 1.94. The zero-order chi connectivity index (χ0) is 16.1. The Morgan fingerprint density at radius 1 is 1.05 bits per heavy atom. The van der Waals surface area contributed by atoms with Gasteiger partial charge in [0, 0.05) is 16.9 Å². The van der Waals surface area contributed by atoms with Crippen molar-refractivity contribution in [1.82, 2.24) is 0 Å². The molecule has 2 aromatic carbocycles. The molecule has 0 aliphatic rings. The summed E-state index contributed by atoms with van der Waals surface area (Å²) in [6.07, 6.45) is -2.08. The molecule has 0 saturated carbocycles. The van der Waals surface area contributed by atoms with Crippen molar-refractivity contribution in [1.29, 1.82) is 0 Å². The van der Waals surface area contributed by atoms with Crippen molar-refractivity contribution in [2.24, 2.45) is 0 Å². The maximum Gasteiger partial charge on any atom is 0.417 e. The van der Waals surface area contributed by atoms with Crippen LogP contribution in [0, 0.1) is 13.8 Å². The van der Waals surface area contributed by atoms with Gasteiger partial charge in [0.1, 0.15) is 11.8 Å². The Bertz CT molecular complexity index is 713. The van der Waals surface area contributed by atoms with Crippen LogP contribution in [-0.2, 0) is 0 Å². The molecular formula is C16H15N2O4-. The summed E-state index contributed by atoms with van der Waals surface area (Å²) >= 11 is 0. The van der Waals surface area contributed by atoms with Crippen LogP contribution in [0.4, 0.5) is 21.0 Å². The van der Waals surface area contributed by atoms with Gasteiger partial charge in [-0.25, -0.2) is 4.79 Å². The highest BCUT2D eigenvalue weighted by atomic mass is 16.6. The van der Waals surface area contributed by atoms with Gasteiger partial charge in [0.15, 0.2) is 0 Å². The van der Waals surface area contributed by atoms with Gasteiger partial charge in [-0.1, -0.05) is 18.2 Å². The first-order valence-corrected chi connectivity index (χ1v) is 6.59. The van der Waals surface area contributed by atoms with Crippen molar-refractivity contribution in [3.8, 4) is 5.75 Å². The summed E-state index contributed by atoms with van der Waals surface area (Å²) in [5, 5.41) is 15.3. The van der Waals surface area contributed by atoms with Crippen LogP contribution in [0.5, 0.6) is 5.75 Å². The molecule has 6 nitrogen and oxygen atoms in total. The topological polar surface area (TPSA) is 90.5 Å². The largest absolute Gasteiger partial charge is 0.530 e. The molecule has 0 aromatic heterocycles. The number of nitrogens with one attached hydrogen (secondary N) is 2. The lowest BCUT2D eigenvalue weighted by Crippen LogP contribution is -2.29. The minimum absolute atomic E-state index is 0.261. The minimum Gasteiger partial charge on any atom is -0.530 e. The van der Waals surface area contributed by atoms with E-state index in [0.29, 0.717) is 16.9 Å². The van der Waals surface area contributed by atoms with Crippen LogP contribution in [0.2, 0.25) is 0 Å². The first kappa shape index (κ1) is 15.4. The quantitative estimate of drug-likeness (QED) is 0.911. The molecule has 2 aromatic rings. The molecule has 0 spiro atoms. The van der Waals surface area contributed by atoms with Gasteiger partial charge in [-0.3, -0.25) is 5.32 Å². The summed E-state index contributed by atoms with van der Waals surface area (Å²) in [4.78, 5) is 22.5. The van der Waals surface area contributed by atoms with Gasteiger partial charge in [0.25, 0.3) is 0 Å². The van der Waals surface area contributed by atoms with Crippen LogP contribution in [0.15, 0.2) is 42.5 Å². The number of carbonyl (C=O) groups excluding carboxylic acids is 2. The first-order valence-electron chi connectivity index (χ1n) is 6.59. The van der Waals surface area contributed by atoms with E-state index in [1.54, 1.807) is 31.2 Å². The summed E-state index contributed by atoms with van der Waals surface area (Å²) in [5.41, 5.74) is 2.42. The van der Waals surface area contributed by atoms with Crippen LogP contribution in [-0.4, -0.2) is 12.2 Å². The van der Waals surface area contributed by atoms with Gasteiger partial charge in [0.05, 0.1) is 0 Å². The number of aryl methyl sites for hydroxylation is 1. The van der Waals surface area contributed by atoms with Gasteiger partial charge in [-0.05, 0) is 43.7 Å². The number of anilines is 2. The molecule has 0 saturated heterocycles. The molecule has 0 aliphatic carbocycles. The average Bonchev–Trinajstić information content (AvgIpc) is 2.42. The highest BCUT2D eigenvalue weighted by Crippen LogP contribution is 2.25. The van der Waals surface area contributed by atoms with Gasteiger partial charge >= 0.3 is 6.09 Å². The molecule has 0 unspecified atom stereocenters. The second-order valence-electron chi connectivity index (χ2n) is 4.73. The summed E-state index contributed by atoms with van der Waals surface area (Å²) < 4.78 is 5.21. The summed E-state index contributed by atoms with van der Waals surface area (Å²) in [5.74, 6) is 0.261. The third-order valence-electron chi connectivity index (χ3n) is 2.99. The maximum absolute atomic E-state index is 11.9. The van der Waals surface area contributed by atoms with E-state index in [-0.39, 0.29) is 5.75 Å². The first-order chi connectivity index (χ1) is 10.5.